The monoisotopic (exact) mass is 278 g/mol. The van der Waals surface area contributed by atoms with E-state index >= 15 is 0 Å². The number of ether oxygens (including phenoxy) is 2. The van der Waals surface area contributed by atoms with Gasteiger partial charge >= 0.3 is 5.97 Å². The molecule has 0 saturated carbocycles. The van der Waals surface area contributed by atoms with Crippen molar-refractivity contribution in [3.8, 4) is 5.75 Å². The number of esters is 1. The van der Waals surface area contributed by atoms with Crippen LogP contribution in [0.15, 0.2) is 12.1 Å². The lowest BCUT2D eigenvalue weighted by Gasteiger charge is -2.13. The predicted molar refractivity (Wildman–Crippen MR) is 70.3 cm³/mol. The summed E-state index contributed by atoms with van der Waals surface area (Å²) in [6.07, 6.45) is -0.0426. The standard InChI is InChI=1S/C11H12Cl2O3.CH4/c1-6(2)16-10-8(12)4-7(5-9(10)13)11(14)15-3;/h4-6H,1-3H3;1H4. The second-order valence-corrected chi connectivity index (χ2v) is 4.24. The number of rotatable bonds is 3. The van der Waals surface area contributed by atoms with Crippen molar-refractivity contribution in [3.05, 3.63) is 27.7 Å². The van der Waals surface area contributed by atoms with Crippen LogP contribution in [0.5, 0.6) is 5.75 Å². The fraction of sp³-hybridized carbons (Fsp3) is 0.417. The number of hydrogen-bond donors (Lipinski definition) is 0. The number of carbonyl (C=O) groups excluding carboxylic acids is 1. The van der Waals surface area contributed by atoms with Gasteiger partial charge in [-0.1, -0.05) is 30.6 Å². The second kappa shape index (κ2) is 6.72. The Morgan fingerprint density at radius 3 is 2.06 bits per heavy atom. The lowest BCUT2D eigenvalue weighted by Crippen LogP contribution is -2.08. The van der Waals surface area contributed by atoms with Gasteiger partial charge in [0, 0.05) is 0 Å². The van der Waals surface area contributed by atoms with Crippen molar-refractivity contribution in [2.45, 2.75) is 27.4 Å². The van der Waals surface area contributed by atoms with Gasteiger partial charge in [-0.05, 0) is 26.0 Å². The molecule has 0 unspecified atom stereocenters. The summed E-state index contributed by atoms with van der Waals surface area (Å²) in [7, 11) is 1.29. The summed E-state index contributed by atoms with van der Waals surface area (Å²) in [6.45, 7) is 3.72. The van der Waals surface area contributed by atoms with Gasteiger partial charge in [0.25, 0.3) is 0 Å². The predicted octanol–water partition coefficient (Wildman–Crippen LogP) is 4.20. The first-order chi connectivity index (χ1) is 7.45. The van der Waals surface area contributed by atoms with Crippen LogP contribution in [0.3, 0.4) is 0 Å². The lowest BCUT2D eigenvalue weighted by molar-refractivity contribution is 0.0600. The molecule has 0 aliphatic heterocycles. The molecular weight excluding hydrogens is 263 g/mol. The van der Waals surface area contributed by atoms with Crippen LogP contribution in [0.2, 0.25) is 10.0 Å². The highest BCUT2D eigenvalue weighted by atomic mass is 35.5. The van der Waals surface area contributed by atoms with E-state index in [1.165, 1.54) is 19.2 Å². The first-order valence-corrected chi connectivity index (χ1v) is 5.45. The van der Waals surface area contributed by atoms with Crippen LogP contribution in [-0.4, -0.2) is 19.2 Å². The Kier molecular flexibility index (Phi) is 6.35. The van der Waals surface area contributed by atoms with E-state index in [0.29, 0.717) is 21.4 Å². The quantitative estimate of drug-likeness (QED) is 0.778. The van der Waals surface area contributed by atoms with Crippen molar-refractivity contribution in [2.24, 2.45) is 0 Å². The molecule has 5 heteroatoms. The Hall–Kier alpha value is -0.930. The first-order valence-electron chi connectivity index (χ1n) is 4.69. The molecule has 0 saturated heterocycles. The van der Waals surface area contributed by atoms with E-state index in [2.05, 4.69) is 4.74 Å². The zero-order valence-corrected chi connectivity index (χ0v) is 10.7. The highest BCUT2D eigenvalue weighted by molar-refractivity contribution is 6.37. The van der Waals surface area contributed by atoms with E-state index in [1.54, 1.807) is 0 Å². The molecule has 0 aliphatic carbocycles. The molecule has 0 atom stereocenters. The third kappa shape index (κ3) is 4.10. The fourth-order valence-corrected chi connectivity index (χ4v) is 1.72. The van der Waals surface area contributed by atoms with Crippen molar-refractivity contribution in [1.82, 2.24) is 0 Å². The minimum atomic E-state index is -0.486. The molecule has 96 valence electrons. The summed E-state index contributed by atoms with van der Waals surface area (Å²) < 4.78 is 10.00. The highest BCUT2D eigenvalue weighted by Gasteiger charge is 2.15. The van der Waals surface area contributed by atoms with E-state index in [-0.39, 0.29) is 13.5 Å². The maximum absolute atomic E-state index is 11.3. The average molecular weight is 279 g/mol. The molecule has 0 N–H and O–H groups in total. The SMILES string of the molecule is C.COC(=O)c1cc(Cl)c(OC(C)C)c(Cl)c1. The Morgan fingerprint density at radius 2 is 1.71 bits per heavy atom. The molecular formula is C12H16Cl2O3. The third-order valence-corrected chi connectivity index (χ3v) is 2.33. The molecule has 1 aromatic rings. The smallest absolute Gasteiger partial charge is 0.337 e. The molecule has 0 aromatic heterocycles. The highest BCUT2D eigenvalue weighted by Crippen LogP contribution is 2.35. The van der Waals surface area contributed by atoms with Crippen LogP contribution in [-0.2, 0) is 4.74 Å². The zero-order chi connectivity index (χ0) is 12.3. The molecule has 0 heterocycles. The van der Waals surface area contributed by atoms with Crippen LogP contribution < -0.4 is 4.74 Å². The minimum absolute atomic E-state index is 0. The number of hydrogen-bond acceptors (Lipinski definition) is 3. The van der Waals surface area contributed by atoms with Crippen LogP contribution in [0, 0.1) is 0 Å². The van der Waals surface area contributed by atoms with E-state index in [9.17, 15) is 4.79 Å². The summed E-state index contributed by atoms with van der Waals surface area (Å²) in [4.78, 5) is 11.3. The molecule has 0 radical (unpaired) electrons. The van der Waals surface area contributed by atoms with Crippen molar-refractivity contribution in [2.75, 3.05) is 7.11 Å². The first kappa shape index (κ1) is 16.1. The number of halogens is 2. The van der Waals surface area contributed by atoms with Crippen LogP contribution >= 0.6 is 23.2 Å². The second-order valence-electron chi connectivity index (χ2n) is 3.43. The molecule has 1 aromatic carbocycles. The average Bonchev–Trinajstić information content (AvgIpc) is 2.21. The third-order valence-electron chi connectivity index (χ3n) is 1.77. The summed E-state index contributed by atoms with van der Waals surface area (Å²) >= 11 is 11.9. The van der Waals surface area contributed by atoms with Gasteiger partial charge in [-0.15, -0.1) is 0 Å². The summed E-state index contributed by atoms with van der Waals surface area (Å²) in [6, 6.07) is 2.94. The van der Waals surface area contributed by atoms with Gasteiger partial charge < -0.3 is 9.47 Å². The van der Waals surface area contributed by atoms with E-state index < -0.39 is 5.97 Å². The zero-order valence-electron chi connectivity index (χ0n) is 9.21. The molecule has 0 bridgehead atoms. The number of benzene rings is 1. The maximum atomic E-state index is 11.3. The van der Waals surface area contributed by atoms with Gasteiger partial charge in [-0.25, -0.2) is 4.79 Å². The molecule has 3 nitrogen and oxygen atoms in total. The van der Waals surface area contributed by atoms with Gasteiger partial charge in [0.2, 0.25) is 0 Å². The molecule has 0 amide bonds. The van der Waals surface area contributed by atoms with E-state index in [1.807, 2.05) is 13.8 Å². The van der Waals surface area contributed by atoms with Crippen molar-refractivity contribution in [3.63, 3.8) is 0 Å². The van der Waals surface area contributed by atoms with Crippen LogP contribution in [0.1, 0.15) is 31.6 Å². The number of carbonyl (C=O) groups is 1. The van der Waals surface area contributed by atoms with Crippen molar-refractivity contribution >= 4 is 29.2 Å². The Bertz CT molecular complexity index is 380. The Morgan fingerprint density at radius 1 is 1.24 bits per heavy atom. The van der Waals surface area contributed by atoms with Crippen LogP contribution in [0.4, 0.5) is 0 Å². The van der Waals surface area contributed by atoms with Gasteiger partial charge in [0.15, 0.2) is 5.75 Å². The van der Waals surface area contributed by atoms with E-state index in [0.717, 1.165) is 0 Å². The topological polar surface area (TPSA) is 35.5 Å². The van der Waals surface area contributed by atoms with Gasteiger partial charge in [0.05, 0.1) is 28.8 Å². The fourth-order valence-electron chi connectivity index (χ4n) is 1.14. The molecule has 0 spiro atoms. The summed E-state index contributed by atoms with van der Waals surface area (Å²) in [5, 5.41) is 0.586. The van der Waals surface area contributed by atoms with Crippen LogP contribution in [0.25, 0.3) is 0 Å². The normalized spacial score (nSPS) is 9.76. The molecule has 0 fully saturated rings. The van der Waals surface area contributed by atoms with Gasteiger partial charge in [0.1, 0.15) is 0 Å². The van der Waals surface area contributed by atoms with Crippen molar-refractivity contribution < 1.29 is 14.3 Å². The lowest BCUT2D eigenvalue weighted by atomic mass is 10.2. The van der Waals surface area contributed by atoms with Crippen molar-refractivity contribution in [1.29, 1.82) is 0 Å². The number of methoxy groups -OCH3 is 1. The Labute approximate surface area is 112 Å². The van der Waals surface area contributed by atoms with Gasteiger partial charge in [-0.2, -0.15) is 0 Å². The van der Waals surface area contributed by atoms with Gasteiger partial charge in [-0.3, -0.25) is 0 Å². The maximum Gasteiger partial charge on any atom is 0.337 e. The molecule has 17 heavy (non-hydrogen) atoms. The molecule has 1 rings (SSSR count). The Balaban J connectivity index is 0.00000256. The van der Waals surface area contributed by atoms with E-state index in [4.69, 9.17) is 27.9 Å². The summed E-state index contributed by atoms with van der Waals surface area (Å²) in [5.74, 6) is -0.106. The largest absolute Gasteiger partial charge is 0.488 e. The minimum Gasteiger partial charge on any atom is -0.488 e. The molecule has 0 aliphatic rings. The summed E-state index contributed by atoms with van der Waals surface area (Å²) in [5.41, 5.74) is 0.300.